The fraction of sp³-hybridized carbons (Fsp3) is 0.118. The van der Waals surface area contributed by atoms with Crippen LogP contribution in [0.1, 0.15) is 18.1 Å². The first-order valence-electron chi connectivity index (χ1n) is 6.44. The van der Waals surface area contributed by atoms with Crippen LogP contribution >= 0.6 is 11.6 Å². The lowest BCUT2D eigenvalue weighted by molar-refractivity contribution is 0.339. The van der Waals surface area contributed by atoms with Crippen LogP contribution in [-0.4, -0.2) is 6.61 Å². The minimum atomic E-state index is -0.440. The molecule has 2 nitrogen and oxygen atoms in total. The summed E-state index contributed by atoms with van der Waals surface area (Å²) in [5.74, 6) is 0.163. The van der Waals surface area contributed by atoms with Crippen molar-refractivity contribution in [3.05, 3.63) is 64.4 Å². The molecule has 0 radical (unpaired) electrons. The number of hydrogen-bond donors (Lipinski definition) is 0. The molecule has 2 aromatic carbocycles. The first-order valence-corrected chi connectivity index (χ1v) is 6.82. The van der Waals surface area contributed by atoms with Crippen LogP contribution in [0, 0.1) is 17.1 Å². The molecule has 0 unspecified atom stereocenters. The van der Waals surface area contributed by atoms with E-state index in [0.717, 1.165) is 0 Å². The number of benzene rings is 2. The van der Waals surface area contributed by atoms with E-state index in [0.29, 0.717) is 22.9 Å². The second kappa shape index (κ2) is 6.92. The van der Waals surface area contributed by atoms with E-state index in [1.54, 1.807) is 42.5 Å². The fourth-order valence-electron chi connectivity index (χ4n) is 1.92. The van der Waals surface area contributed by atoms with Gasteiger partial charge < -0.3 is 4.74 Å². The molecule has 0 atom stereocenters. The molecule has 0 heterocycles. The lowest BCUT2D eigenvalue weighted by Gasteiger charge is -2.08. The standard InChI is InChI=1S/C17H13ClFNO/c1-2-21-17-8-7-14(18)10-12(17)9-13(11-20)15-5-3-4-6-16(15)19/h3-10H,2H2,1H3. The molecule has 0 aliphatic rings. The van der Waals surface area contributed by atoms with Crippen LogP contribution < -0.4 is 4.74 Å². The van der Waals surface area contributed by atoms with Gasteiger partial charge in [0.1, 0.15) is 11.6 Å². The summed E-state index contributed by atoms with van der Waals surface area (Å²) in [5.41, 5.74) is 1.11. The van der Waals surface area contributed by atoms with E-state index in [1.807, 2.05) is 13.0 Å². The zero-order valence-corrected chi connectivity index (χ0v) is 12.2. The van der Waals surface area contributed by atoms with Gasteiger partial charge in [-0.25, -0.2) is 4.39 Å². The third kappa shape index (κ3) is 3.62. The normalized spacial score (nSPS) is 11.0. The molecular weight excluding hydrogens is 289 g/mol. The number of nitriles is 1. The van der Waals surface area contributed by atoms with E-state index >= 15 is 0 Å². The number of halogens is 2. The Morgan fingerprint density at radius 1 is 1.33 bits per heavy atom. The number of nitrogens with zero attached hydrogens (tertiary/aromatic N) is 1. The molecule has 2 rings (SSSR count). The molecule has 0 aliphatic heterocycles. The quantitative estimate of drug-likeness (QED) is 0.592. The van der Waals surface area contributed by atoms with Crippen molar-refractivity contribution in [1.82, 2.24) is 0 Å². The maximum atomic E-state index is 13.8. The monoisotopic (exact) mass is 301 g/mol. The largest absolute Gasteiger partial charge is 0.493 e. The van der Waals surface area contributed by atoms with Gasteiger partial charge in [0.2, 0.25) is 0 Å². The van der Waals surface area contributed by atoms with Crippen LogP contribution in [-0.2, 0) is 0 Å². The highest BCUT2D eigenvalue weighted by Crippen LogP contribution is 2.28. The van der Waals surface area contributed by atoms with Gasteiger partial charge in [0.25, 0.3) is 0 Å². The minimum Gasteiger partial charge on any atom is -0.493 e. The van der Waals surface area contributed by atoms with Gasteiger partial charge in [-0.05, 0) is 37.3 Å². The Hall–Kier alpha value is -2.31. The van der Waals surface area contributed by atoms with Crippen LogP contribution in [0.5, 0.6) is 5.75 Å². The van der Waals surface area contributed by atoms with Gasteiger partial charge >= 0.3 is 0 Å². The lowest BCUT2D eigenvalue weighted by atomic mass is 10.0. The third-order valence-electron chi connectivity index (χ3n) is 2.86. The van der Waals surface area contributed by atoms with Gasteiger partial charge in [0.15, 0.2) is 0 Å². The molecule has 4 heteroatoms. The van der Waals surface area contributed by atoms with Crippen molar-refractivity contribution in [1.29, 1.82) is 5.26 Å². The molecule has 21 heavy (non-hydrogen) atoms. The van der Waals surface area contributed by atoms with Crippen molar-refractivity contribution in [2.24, 2.45) is 0 Å². The predicted octanol–water partition coefficient (Wildman–Crippen LogP) is 4.94. The first-order chi connectivity index (χ1) is 10.2. The Morgan fingerprint density at radius 3 is 2.76 bits per heavy atom. The summed E-state index contributed by atoms with van der Waals surface area (Å²) in [7, 11) is 0. The SMILES string of the molecule is CCOc1ccc(Cl)cc1C=C(C#N)c1ccccc1F. The van der Waals surface area contributed by atoms with Gasteiger partial charge in [-0.1, -0.05) is 29.8 Å². The Labute approximate surface area is 128 Å². The Morgan fingerprint density at radius 2 is 2.10 bits per heavy atom. The molecule has 0 saturated carbocycles. The van der Waals surface area contributed by atoms with Crippen LogP contribution in [0.2, 0.25) is 5.02 Å². The zero-order valence-electron chi connectivity index (χ0n) is 11.4. The molecule has 0 bridgehead atoms. The molecule has 0 fully saturated rings. The Kier molecular flexibility index (Phi) is 4.97. The summed E-state index contributed by atoms with van der Waals surface area (Å²) in [5, 5.41) is 9.82. The Bertz CT molecular complexity index is 719. The molecular formula is C17H13ClFNO. The fourth-order valence-corrected chi connectivity index (χ4v) is 2.10. The van der Waals surface area contributed by atoms with Crippen LogP contribution in [0.4, 0.5) is 4.39 Å². The van der Waals surface area contributed by atoms with Crippen LogP contribution in [0.15, 0.2) is 42.5 Å². The van der Waals surface area contributed by atoms with Crippen molar-refractivity contribution in [2.75, 3.05) is 6.61 Å². The van der Waals surface area contributed by atoms with Crippen LogP contribution in [0.3, 0.4) is 0 Å². The predicted molar refractivity (Wildman–Crippen MR) is 82.5 cm³/mol. The maximum Gasteiger partial charge on any atom is 0.131 e. The summed E-state index contributed by atoms with van der Waals surface area (Å²) < 4.78 is 19.3. The van der Waals surface area contributed by atoms with E-state index in [1.165, 1.54) is 6.07 Å². The highest BCUT2D eigenvalue weighted by molar-refractivity contribution is 6.30. The number of hydrogen-bond acceptors (Lipinski definition) is 2. The number of rotatable bonds is 4. The van der Waals surface area contributed by atoms with Crippen molar-refractivity contribution in [3.63, 3.8) is 0 Å². The van der Waals surface area contributed by atoms with E-state index in [9.17, 15) is 9.65 Å². The van der Waals surface area contributed by atoms with Crippen LogP contribution in [0.25, 0.3) is 11.6 Å². The summed E-state index contributed by atoms with van der Waals surface area (Å²) in [6, 6.07) is 13.3. The van der Waals surface area contributed by atoms with Crippen molar-refractivity contribution >= 4 is 23.3 Å². The molecule has 106 valence electrons. The van der Waals surface area contributed by atoms with Gasteiger partial charge in [-0.2, -0.15) is 5.26 Å². The lowest BCUT2D eigenvalue weighted by Crippen LogP contribution is -1.94. The maximum absolute atomic E-state index is 13.8. The second-order valence-corrected chi connectivity index (χ2v) is 4.70. The zero-order chi connectivity index (χ0) is 15.2. The highest BCUT2D eigenvalue weighted by Gasteiger charge is 2.09. The van der Waals surface area contributed by atoms with Crippen molar-refractivity contribution < 1.29 is 9.13 Å². The van der Waals surface area contributed by atoms with E-state index in [4.69, 9.17) is 16.3 Å². The summed E-state index contributed by atoms with van der Waals surface area (Å²) >= 11 is 5.98. The van der Waals surface area contributed by atoms with Crippen molar-refractivity contribution in [2.45, 2.75) is 6.92 Å². The average Bonchev–Trinajstić information content (AvgIpc) is 2.48. The summed E-state index contributed by atoms with van der Waals surface area (Å²) in [6.45, 7) is 2.36. The van der Waals surface area contributed by atoms with Gasteiger partial charge in [0.05, 0.1) is 18.2 Å². The highest BCUT2D eigenvalue weighted by atomic mass is 35.5. The second-order valence-electron chi connectivity index (χ2n) is 4.26. The van der Waals surface area contributed by atoms with Crippen molar-refractivity contribution in [3.8, 4) is 11.8 Å². The minimum absolute atomic E-state index is 0.219. The van der Waals surface area contributed by atoms with Gasteiger partial charge in [-0.3, -0.25) is 0 Å². The first kappa shape index (κ1) is 15.1. The van der Waals surface area contributed by atoms with Gasteiger partial charge in [0, 0.05) is 16.1 Å². The molecule has 0 saturated heterocycles. The van der Waals surface area contributed by atoms with E-state index in [-0.39, 0.29) is 11.1 Å². The number of allylic oxidation sites excluding steroid dienone is 1. The molecule has 2 aromatic rings. The Balaban J connectivity index is 2.53. The summed E-state index contributed by atoms with van der Waals surface area (Å²) in [4.78, 5) is 0. The molecule has 0 N–H and O–H groups in total. The molecule has 0 amide bonds. The molecule has 0 aliphatic carbocycles. The van der Waals surface area contributed by atoms with E-state index in [2.05, 4.69) is 0 Å². The van der Waals surface area contributed by atoms with E-state index < -0.39 is 5.82 Å². The smallest absolute Gasteiger partial charge is 0.131 e. The topological polar surface area (TPSA) is 33.0 Å². The molecule has 0 spiro atoms. The molecule has 0 aromatic heterocycles. The average molecular weight is 302 g/mol. The third-order valence-corrected chi connectivity index (χ3v) is 3.09. The number of ether oxygens (including phenoxy) is 1. The summed E-state index contributed by atoms with van der Waals surface area (Å²) in [6.07, 6.45) is 1.58. The van der Waals surface area contributed by atoms with Gasteiger partial charge in [-0.15, -0.1) is 0 Å².